The van der Waals surface area contributed by atoms with Crippen molar-refractivity contribution in [1.29, 1.82) is 0 Å². The molecule has 5 nitrogen and oxygen atoms in total. The molecule has 0 bridgehead atoms. The molecule has 0 spiro atoms. The van der Waals surface area contributed by atoms with Crippen LogP contribution in [0.4, 0.5) is 0 Å². The van der Waals surface area contributed by atoms with Gasteiger partial charge in [-0.1, -0.05) is 6.92 Å². The predicted molar refractivity (Wildman–Crippen MR) is 53.0 cm³/mol. The molecule has 1 N–H and O–H groups in total. The van der Waals surface area contributed by atoms with Gasteiger partial charge in [-0.25, -0.2) is 0 Å². The van der Waals surface area contributed by atoms with E-state index < -0.39 is 0 Å². The van der Waals surface area contributed by atoms with E-state index in [1.165, 1.54) is 0 Å². The maximum Gasteiger partial charge on any atom is 0.177 e. The highest BCUT2D eigenvalue weighted by molar-refractivity contribution is 4.93. The number of aromatic nitrogens is 4. The largest absolute Gasteiger partial charge is 0.317 e. The van der Waals surface area contributed by atoms with Gasteiger partial charge in [-0.2, -0.15) is 4.80 Å². The van der Waals surface area contributed by atoms with Crippen molar-refractivity contribution >= 4 is 0 Å². The minimum atomic E-state index is 0.516. The number of hydrogen-bond acceptors (Lipinski definition) is 4. The van der Waals surface area contributed by atoms with Gasteiger partial charge in [0.2, 0.25) is 0 Å². The first-order valence-corrected chi connectivity index (χ1v) is 5.38. The lowest BCUT2D eigenvalue weighted by molar-refractivity contribution is 0.440. The Kier molecular flexibility index (Phi) is 3.08. The van der Waals surface area contributed by atoms with E-state index in [0.717, 1.165) is 44.7 Å². The van der Waals surface area contributed by atoms with Gasteiger partial charge in [0.15, 0.2) is 5.82 Å². The van der Waals surface area contributed by atoms with Crippen molar-refractivity contribution < 1.29 is 0 Å². The molecule has 0 radical (unpaired) electrons. The van der Waals surface area contributed by atoms with Gasteiger partial charge in [0, 0.05) is 5.92 Å². The summed E-state index contributed by atoms with van der Waals surface area (Å²) in [4.78, 5) is 1.71. The molecule has 2 heterocycles. The van der Waals surface area contributed by atoms with Crippen LogP contribution in [0.25, 0.3) is 0 Å². The van der Waals surface area contributed by atoms with Gasteiger partial charge in [0.25, 0.3) is 0 Å². The minimum absolute atomic E-state index is 0.516. The van der Waals surface area contributed by atoms with E-state index in [4.69, 9.17) is 0 Å². The van der Waals surface area contributed by atoms with E-state index >= 15 is 0 Å². The summed E-state index contributed by atoms with van der Waals surface area (Å²) in [5.74, 6) is 1.45. The average molecular weight is 195 g/mol. The Morgan fingerprint density at radius 3 is 2.93 bits per heavy atom. The maximum absolute atomic E-state index is 4.39. The van der Waals surface area contributed by atoms with Crippen LogP contribution in [-0.2, 0) is 6.54 Å². The van der Waals surface area contributed by atoms with Crippen molar-refractivity contribution in [2.45, 2.75) is 38.6 Å². The number of rotatable bonds is 3. The van der Waals surface area contributed by atoms with Crippen LogP contribution in [0.3, 0.4) is 0 Å². The summed E-state index contributed by atoms with van der Waals surface area (Å²) in [6, 6.07) is 0. The molecule has 14 heavy (non-hydrogen) atoms. The van der Waals surface area contributed by atoms with E-state index in [0.29, 0.717) is 5.92 Å². The minimum Gasteiger partial charge on any atom is -0.317 e. The van der Waals surface area contributed by atoms with E-state index in [-0.39, 0.29) is 0 Å². The van der Waals surface area contributed by atoms with Crippen molar-refractivity contribution in [2.75, 3.05) is 13.1 Å². The third kappa shape index (κ3) is 2.09. The second-order valence-corrected chi connectivity index (χ2v) is 3.77. The van der Waals surface area contributed by atoms with Crippen molar-refractivity contribution in [1.82, 2.24) is 25.5 Å². The average Bonchev–Trinajstić information content (AvgIpc) is 2.68. The van der Waals surface area contributed by atoms with Crippen LogP contribution in [0.2, 0.25) is 0 Å². The van der Waals surface area contributed by atoms with E-state index in [2.05, 4.69) is 27.7 Å². The van der Waals surface area contributed by atoms with Gasteiger partial charge < -0.3 is 5.32 Å². The summed E-state index contributed by atoms with van der Waals surface area (Å²) in [6.07, 6.45) is 3.33. The fourth-order valence-electron chi connectivity index (χ4n) is 1.79. The molecular formula is C9H17N5. The van der Waals surface area contributed by atoms with Crippen LogP contribution < -0.4 is 5.32 Å². The monoisotopic (exact) mass is 195 g/mol. The van der Waals surface area contributed by atoms with Gasteiger partial charge >= 0.3 is 0 Å². The molecule has 1 aliphatic rings. The molecule has 0 aliphatic carbocycles. The zero-order valence-electron chi connectivity index (χ0n) is 8.61. The van der Waals surface area contributed by atoms with Crippen LogP contribution >= 0.6 is 0 Å². The lowest BCUT2D eigenvalue weighted by Gasteiger charge is -2.18. The van der Waals surface area contributed by atoms with Crippen molar-refractivity contribution in [2.24, 2.45) is 0 Å². The normalized spacial score (nSPS) is 18.6. The molecule has 1 fully saturated rings. The topological polar surface area (TPSA) is 55.6 Å². The third-order valence-corrected chi connectivity index (χ3v) is 2.60. The SMILES string of the molecule is CCCn1nnc(C2CCNCC2)n1. The Hall–Kier alpha value is -0.970. The van der Waals surface area contributed by atoms with Gasteiger partial charge in [-0.3, -0.25) is 0 Å². The van der Waals surface area contributed by atoms with E-state index in [1.807, 2.05) is 0 Å². The van der Waals surface area contributed by atoms with Gasteiger partial charge in [0.05, 0.1) is 6.54 Å². The standard InChI is InChI=1S/C9H17N5/c1-2-7-14-12-9(11-13-14)8-3-5-10-6-4-8/h8,10H,2-7H2,1H3. The predicted octanol–water partition coefficient (Wildman–Crippen LogP) is 0.550. The molecule has 1 aliphatic heterocycles. The molecule has 0 aromatic carbocycles. The fourth-order valence-corrected chi connectivity index (χ4v) is 1.79. The first-order chi connectivity index (χ1) is 6.90. The molecule has 0 amide bonds. The van der Waals surface area contributed by atoms with Gasteiger partial charge in [0.1, 0.15) is 0 Å². The molecule has 2 rings (SSSR count). The van der Waals surface area contributed by atoms with Crippen molar-refractivity contribution in [3.63, 3.8) is 0 Å². The lowest BCUT2D eigenvalue weighted by atomic mass is 9.98. The highest BCUT2D eigenvalue weighted by Crippen LogP contribution is 2.20. The first kappa shape index (κ1) is 9.58. The van der Waals surface area contributed by atoms with Gasteiger partial charge in [-0.05, 0) is 37.6 Å². The highest BCUT2D eigenvalue weighted by Gasteiger charge is 2.19. The van der Waals surface area contributed by atoms with Crippen molar-refractivity contribution in [3.05, 3.63) is 5.82 Å². The summed E-state index contributed by atoms with van der Waals surface area (Å²) in [5.41, 5.74) is 0. The third-order valence-electron chi connectivity index (χ3n) is 2.60. The molecule has 1 saturated heterocycles. The highest BCUT2D eigenvalue weighted by atomic mass is 15.6. The molecule has 0 unspecified atom stereocenters. The number of tetrazole rings is 1. The lowest BCUT2D eigenvalue weighted by Crippen LogP contribution is -2.27. The second kappa shape index (κ2) is 4.50. The fraction of sp³-hybridized carbons (Fsp3) is 0.889. The number of piperidine rings is 1. The molecular weight excluding hydrogens is 178 g/mol. The molecule has 1 aromatic heterocycles. The number of nitrogens with one attached hydrogen (secondary N) is 1. The van der Waals surface area contributed by atoms with E-state index in [9.17, 15) is 0 Å². The van der Waals surface area contributed by atoms with Crippen molar-refractivity contribution in [3.8, 4) is 0 Å². The summed E-state index contributed by atoms with van der Waals surface area (Å²) in [5, 5.41) is 15.9. The maximum atomic E-state index is 4.39. The van der Waals surface area contributed by atoms with Crippen LogP contribution in [0.1, 0.15) is 37.9 Å². The molecule has 0 saturated carbocycles. The Bertz CT molecular complexity index is 276. The number of aryl methyl sites for hydroxylation is 1. The molecule has 1 aromatic rings. The zero-order chi connectivity index (χ0) is 9.80. The van der Waals surface area contributed by atoms with Crippen LogP contribution in [0, 0.1) is 0 Å². The summed E-state index contributed by atoms with van der Waals surface area (Å²) < 4.78 is 0. The van der Waals surface area contributed by atoms with Gasteiger partial charge in [-0.15, -0.1) is 10.2 Å². The summed E-state index contributed by atoms with van der Waals surface area (Å²) in [7, 11) is 0. The van der Waals surface area contributed by atoms with Crippen LogP contribution in [0.15, 0.2) is 0 Å². The van der Waals surface area contributed by atoms with E-state index in [1.54, 1.807) is 4.80 Å². The summed E-state index contributed by atoms with van der Waals surface area (Å²) in [6.45, 7) is 5.14. The first-order valence-electron chi connectivity index (χ1n) is 5.38. The smallest absolute Gasteiger partial charge is 0.177 e. The molecule has 78 valence electrons. The quantitative estimate of drug-likeness (QED) is 0.765. The Balaban J connectivity index is 2.00. The zero-order valence-corrected chi connectivity index (χ0v) is 8.61. The Morgan fingerprint density at radius 1 is 1.43 bits per heavy atom. The molecule has 5 heteroatoms. The number of hydrogen-bond donors (Lipinski definition) is 1. The van der Waals surface area contributed by atoms with Crippen LogP contribution in [0.5, 0.6) is 0 Å². The Morgan fingerprint density at radius 2 is 2.21 bits per heavy atom. The number of nitrogens with zero attached hydrogens (tertiary/aromatic N) is 4. The molecule has 0 atom stereocenters. The second-order valence-electron chi connectivity index (χ2n) is 3.77. The summed E-state index contributed by atoms with van der Waals surface area (Å²) >= 11 is 0. The Labute approximate surface area is 83.9 Å². The van der Waals surface area contributed by atoms with Crippen LogP contribution in [-0.4, -0.2) is 33.3 Å².